The van der Waals surface area contributed by atoms with Gasteiger partial charge in [-0.25, -0.2) is 0 Å². The van der Waals surface area contributed by atoms with E-state index in [0.29, 0.717) is 36.7 Å². The van der Waals surface area contributed by atoms with Crippen LogP contribution in [0, 0.1) is 11.8 Å². The maximum atomic E-state index is 12.7. The molecule has 334 valence electrons. The summed E-state index contributed by atoms with van der Waals surface area (Å²) in [5.41, 5.74) is 0. The molecule has 0 amide bonds. The second kappa shape index (κ2) is 32.2. The Bertz CT molecular complexity index is 1140. The lowest BCUT2D eigenvalue weighted by Gasteiger charge is -2.28. The van der Waals surface area contributed by atoms with Crippen LogP contribution in [0.5, 0.6) is 0 Å². The Balaban J connectivity index is 2.46. The number of ether oxygens (including phenoxy) is 2. The van der Waals surface area contributed by atoms with E-state index in [9.17, 15) is 34.1 Å². The van der Waals surface area contributed by atoms with Gasteiger partial charge in [0.05, 0.1) is 40.0 Å². The Morgan fingerprint density at radius 1 is 0.789 bits per heavy atom. The first-order valence-electron chi connectivity index (χ1n) is 22.5. The topological polar surface area (TPSA) is 169 Å². The van der Waals surface area contributed by atoms with Gasteiger partial charge in [0, 0.05) is 25.2 Å². The Hall–Kier alpha value is -1.66. The molecular formula is C44H82NO11P. The van der Waals surface area contributed by atoms with Crippen LogP contribution in [0.15, 0.2) is 12.2 Å². The molecule has 57 heavy (non-hydrogen) atoms. The zero-order chi connectivity index (χ0) is 42.4. The summed E-state index contributed by atoms with van der Waals surface area (Å²) in [6.07, 6.45) is 24.2. The van der Waals surface area contributed by atoms with Crippen molar-refractivity contribution in [2.45, 2.75) is 193 Å². The normalized spacial score (nSPS) is 19.5. The molecule has 1 aliphatic rings. The monoisotopic (exact) mass is 832 g/mol. The van der Waals surface area contributed by atoms with E-state index >= 15 is 0 Å². The Labute approximate surface area is 346 Å². The van der Waals surface area contributed by atoms with Crippen LogP contribution in [0.4, 0.5) is 0 Å². The van der Waals surface area contributed by atoms with Crippen LogP contribution < -0.4 is 4.89 Å². The van der Waals surface area contributed by atoms with Crippen LogP contribution in [0.25, 0.3) is 0 Å². The van der Waals surface area contributed by atoms with Gasteiger partial charge < -0.3 is 38.1 Å². The summed E-state index contributed by atoms with van der Waals surface area (Å²) in [4.78, 5) is 50.2. The van der Waals surface area contributed by atoms with E-state index < -0.39 is 44.7 Å². The molecule has 0 heterocycles. The molecule has 13 heteroatoms. The van der Waals surface area contributed by atoms with E-state index in [4.69, 9.17) is 18.5 Å². The van der Waals surface area contributed by atoms with Gasteiger partial charge in [-0.15, -0.1) is 0 Å². The van der Waals surface area contributed by atoms with Crippen molar-refractivity contribution in [2.75, 3.05) is 47.5 Å². The van der Waals surface area contributed by atoms with Crippen molar-refractivity contribution in [3.8, 4) is 0 Å². The summed E-state index contributed by atoms with van der Waals surface area (Å²) in [7, 11) is 1.04. The number of allylic oxidation sites excluding steroid dienone is 1. The smallest absolute Gasteiger partial charge is 0.306 e. The molecule has 0 aliphatic heterocycles. The number of nitrogens with zero attached hydrogens (tertiary/aromatic N) is 1. The molecule has 1 saturated carbocycles. The highest BCUT2D eigenvalue weighted by atomic mass is 31.2. The predicted molar refractivity (Wildman–Crippen MR) is 223 cm³/mol. The first-order chi connectivity index (χ1) is 27.2. The highest BCUT2D eigenvalue weighted by Gasteiger charge is 2.39. The van der Waals surface area contributed by atoms with Gasteiger partial charge in [-0.3, -0.25) is 18.9 Å². The minimum Gasteiger partial charge on any atom is -0.756 e. The highest BCUT2D eigenvalue weighted by Crippen LogP contribution is 2.38. The van der Waals surface area contributed by atoms with Gasteiger partial charge in [0.15, 0.2) is 6.10 Å². The van der Waals surface area contributed by atoms with Crippen molar-refractivity contribution < 1.29 is 57.1 Å². The number of phosphoric ester groups is 1. The SMILES string of the molecule is CCCCCCCCCCCCCCCC(=O)O[C@H](COC(=O)CCCCCC[C@H]1[C@@H](O)CC(=O)[C@@H]1/C=C/[C@@H](O)CCCCC)COP(=O)([O-])OCC[N+](C)(C)C. The number of likely N-dealkylation sites (N-methyl/N-ethyl adjacent to an activating group) is 1. The highest BCUT2D eigenvalue weighted by molar-refractivity contribution is 7.45. The zero-order valence-corrected chi connectivity index (χ0v) is 37.4. The summed E-state index contributed by atoms with van der Waals surface area (Å²) in [6.45, 7) is 3.86. The number of carbonyl (C=O) groups excluding carboxylic acids is 3. The Kier molecular flexibility index (Phi) is 30.1. The maximum absolute atomic E-state index is 12.7. The molecule has 6 atom stereocenters. The fourth-order valence-electron chi connectivity index (χ4n) is 7.09. The molecule has 1 rings (SSSR count). The molecule has 0 saturated heterocycles. The van der Waals surface area contributed by atoms with Crippen molar-refractivity contribution in [1.82, 2.24) is 0 Å². The van der Waals surface area contributed by atoms with Crippen LogP contribution >= 0.6 is 7.82 Å². The number of esters is 2. The number of Topliss-reactive ketones (excluding diaryl/α,β-unsaturated/α-hetero) is 1. The van der Waals surface area contributed by atoms with E-state index in [2.05, 4.69) is 13.8 Å². The molecule has 0 radical (unpaired) electrons. The van der Waals surface area contributed by atoms with Crippen LogP contribution in [-0.4, -0.2) is 98.2 Å². The zero-order valence-electron chi connectivity index (χ0n) is 36.5. The first-order valence-corrected chi connectivity index (χ1v) is 24.0. The first kappa shape index (κ1) is 53.4. The molecule has 0 aromatic carbocycles. The van der Waals surface area contributed by atoms with Crippen LogP contribution in [-0.2, 0) is 37.5 Å². The number of hydrogen-bond donors (Lipinski definition) is 2. The molecule has 1 unspecified atom stereocenters. The number of quaternary nitrogens is 1. The average Bonchev–Trinajstić information content (AvgIpc) is 3.41. The van der Waals surface area contributed by atoms with Gasteiger partial charge in [0.25, 0.3) is 7.82 Å². The second-order valence-corrected chi connectivity index (χ2v) is 18.6. The maximum Gasteiger partial charge on any atom is 0.306 e. The number of carbonyl (C=O) groups is 3. The predicted octanol–water partition coefficient (Wildman–Crippen LogP) is 8.53. The molecule has 0 aromatic heterocycles. The fraction of sp³-hybridized carbons (Fsp3) is 0.886. The fourth-order valence-corrected chi connectivity index (χ4v) is 7.82. The third-order valence-corrected chi connectivity index (χ3v) is 11.7. The molecule has 0 aromatic rings. The van der Waals surface area contributed by atoms with E-state index in [1.165, 1.54) is 57.8 Å². The van der Waals surface area contributed by atoms with E-state index in [1.807, 2.05) is 21.1 Å². The minimum atomic E-state index is -4.68. The average molecular weight is 832 g/mol. The number of rotatable bonds is 37. The Morgan fingerprint density at radius 3 is 1.89 bits per heavy atom. The molecular weight excluding hydrogens is 749 g/mol. The van der Waals surface area contributed by atoms with Gasteiger partial charge in [-0.05, 0) is 31.6 Å². The molecule has 1 fully saturated rings. The number of unbranched alkanes of at least 4 members (excludes halogenated alkanes) is 17. The molecule has 2 N–H and O–H groups in total. The van der Waals surface area contributed by atoms with Crippen molar-refractivity contribution in [1.29, 1.82) is 0 Å². The van der Waals surface area contributed by atoms with E-state index in [0.717, 1.165) is 57.8 Å². The summed E-state index contributed by atoms with van der Waals surface area (Å²) in [5.74, 6) is -1.55. The van der Waals surface area contributed by atoms with Gasteiger partial charge in [-0.2, -0.15) is 0 Å². The number of phosphoric acid groups is 1. The summed E-state index contributed by atoms with van der Waals surface area (Å²) in [5, 5.41) is 20.8. The number of hydrogen-bond acceptors (Lipinski definition) is 11. The number of aliphatic hydroxyl groups excluding tert-OH is 2. The van der Waals surface area contributed by atoms with Gasteiger partial charge in [0.1, 0.15) is 25.5 Å². The van der Waals surface area contributed by atoms with Crippen LogP contribution in [0.1, 0.15) is 174 Å². The van der Waals surface area contributed by atoms with Crippen molar-refractivity contribution in [3.63, 3.8) is 0 Å². The van der Waals surface area contributed by atoms with E-state index in [-0.39, 0.29) is 50.1 Å². The lowest BCUT2D eigenvalue weighted by atomic mass is 9.88. The number of aliphatic hydroxyl groups is 2. The summed E-state index contributed by atoms with van der Waals surface area (Å²) >= 11 is 0. The molecule has 0 bridgehead atoms. The largest absolute Gasteiger partial charge is 0.756 e. The molecule has 1 aliphatic carbocycles. The van der Waals surface area contributed by atoms with Crippen molar-refractivity contribution in [3.05, 3.63) is 12.2 Å². The quantitative estimate of drug-likeness (QED) is 0.0202. The van der Waals surface area contributed by atoms with Crippen LogP contribution in [0.3, 0.4) is 0 Å². The van der Waals surface area contributed by atoms with Gasteiger partial charge >= 0.3 is 11.9 Å². The summed E-state index contributed by atoms with van der Waals surface area (Å²) < 4.78 is 33.9. The summed E-state index contributed by atoms with van der Waals surface area (Å²) in [6, 6.07) is 0. The van der Waals surface area contributed by atoms with Crippen molar-refractivity contribution in [2.24, 2.45) is 11.8 Å². The third kappa shape index (κ3) is 29.2. The third-order valence-electron chi connectivity index (χ3n) is 10.7. The van der Waals surface area contributed by atoms with Gasteiger partial charge in [-0.1, -0.05) is 142 Å². The molecule has 12 nitrogen and oxygen atoms in total. The van der Waals surface area contributed by atoms with Crippen molar-refractivity contribution >= 4 is 25.5 Å². The van der Waals surface area contributed by atoms with E-state index in [1.54, 1.807) is 12.2 Å². The Morgan fingerprint density at radius 2 is 1.32 bits per heavy atom. The minimum absolute atomic E-state index is 0.00618. The second-order valence-electron chi connectivity index (χ2n) is 17.2. The lowest BCUT2D eigenvalue weighted by molar-refractivity contribution is -0.870. The lowest BCUT2D eigenvalue weighted by Crippen LogP contribution is -2.37. The van der Waals surface area contributed by atoms with Crippen LogP contribution in [0.2, 0.25) is 0 Å². The number of ketones is 1. The molecule has 0 spiro atoms. The van der Waals surface area contributed by atoms with Gasteiger partial charge in [0.2, 0.25) is 0 Å². The standard InChI is InChI=1S/C44H82NO11P/c1-6-8-10-11-12-13-14-15-16-17-18-19-25-29-44(50)56-38(36-55-57(51,52)54-33-32-45(3,4)5)35-53-43(49)28-24-21-20-23-27-39-40(42(48)34-41(39)47)31-30-37(46)26-22-9-7-2/h30-31,37-41,46-47H,6-29,32-36H2,1-5H3/b31-30+/t37-,38+,39+,40+,41-/m0/s1.